The highest BCUT2D eigenvalue weighted by Crippen LogP contribution is 2.29. The van der Waals surface area contributed by atoms with Gasteiger partial charge in [0, 0.05) is 18.9 Å². The topological polar surface area (TPSA) is 64.0 Å². The molecule has 1 aromatic heterocycles. The number of nitrogens with one attached hydrogen (secondary N) is 1. The number of nitrogens with zero attached hydrogens (tertiary/aromatic N) is 2. The van der Waals surface area contributed by atoms with E-state index in [1.165, 1.54) is 0 Å². The van der Waals surface area contributed by atoms with E-state index in [1.54, 1.807) is 6.20 Å². The zero-order valence-corrected chi connectivity index (χ0v) is 11.8. The molecule has 0 aliphatic carbocycles. The Morgan fingerprint density at radius 3 is 2.94 bits per heavy atom. The molecule has 2 unspecified atom stereocenters. The van der Waals surface area contributed by atoms with Crippen LogP contribution in [0.2, 0.25) is 0 Å². The highest BCUT2D eigenvalue weighted by atomic mass is 32.2. The maximum absolute atomic E-state index is 12.2. The van der Waals surface area contributed by atoms with Gasteiger partial charge in [-0.2, -0.15) is 0 Å². The average molecular weight is 271 g/mol. The first-order chi connectivity index (χ1) is 8.60. The van der Waals surface area contributed by atoms with Gasteiger partial charge in [-0.25, -0.2) is 13.4 Å². The Labute approximate surface area is 109 Å². The number of aryl methyl sites for hydroxylation is 1. The van der Waals surface area contributed by atoms with Gasteiger partial charge in [0.2, 0.25) is 0 Å². The average Bonchev–Trinajstić information content (AvgIpc) is 2.80. The molecule has 102 valence electrons. The van der Waals surface area contributed by atoms with Crippen LogP contribution in [0.1, 0.15) is 38.1 Å². The van der Waals surface area contributed by atoms with Gasteiger partial charge in [-0.3, -0.25) is 0 Å². The van der Waals surface area contributed by atoms with Crippen LogP contribution in [-0.2, 0) is 16.4 Å². The first-order valence-corrected chi connectivity index (χ1v) is 8.21. The minimum Gasteiger partial charge on any atom is -0.334 e. The summed E-state index contributed by atoms with van der Waals surface area (Å²) in [6.45, 7) is 2.84. The highest BCUT2D eigenvalue weighted by Gasteiger charge is 2.37. The second kappa shape index (κ2) is 5.40. The molecule has 0 radical (unpaired) electrons. The van der Waals surface area contributed by atoms with Crippen molar-refractivity contribution in [2.45, 2.75) is 44.0 Å². The molecule has 1 N–H and O–H groups in total. The zero-order chi connectivity index (χ0) is 13.2. The third-order valence-corrected chi connectivity index (χ3v) is 5.97. The van der Waals surface area contributed by atoms with Crippen LogP contribution in [0.4, 0.5) is 0 Å². The van der Waals surface area contributed by atoms with Gasteiger partial charge in [-0.05, 0) is 26.8 Å². The van der Waals surface area contributed by atoms with E-state index in [4.69, 9.17) is 0 Å². The van der Waals surface area contributed by atoms with Crippen molar-refractivity contribution in [3.63, 3.8) is 0 Å². The summed E-state index contributed by atoms with van der Waals surface area (Å²) in [7, 11) is -1.19. The van der Waals surface area contributed by atoms with Crippen molar-refractivity contribution in [1.29, 1.82) is 0 Å². The Morgan fingerprint density at radius 1 is 1.56 bits per heavy atom. The molecule has 2 heterocycles. The van der Waals surface area contributed by atoms with Gasteiger partial charge in [0.1, 0.15) is 5.82 Å². The van der Waals surface area contributed by atoms with E-state index in [0.29, 0.717) is 5.75 Å². The van der Waals surface area contributed by atoms with Gasteiger partial charge in [0.25, 0.3) is 0 Å². The summed E-state index contributed by atoms with van der Waals surface area (Å²) >= 11 is 0. The van der Waals surface area contributed by atoms with Crippen LogP contribution in [0.3, 0.4) is 0 Å². The summed E-state index contributed by atoms with van der Waals surface area (Å²) in [4.78, 5) is 4.33. The number of aromatic nitrogens is 2. The lowest BCUT2D eigenvalue weighted by Gasteiger charge is -2.29. The van der Waals surface area contributed by atoms with Crippen molar-refractivity contribution in [2.24, 2.45) is 0 Å². The fraction of sp³-hybridized carbons (Fsp3) is 0.750. The van der Waals surface area contributed by atoms with Crippen molar-refractivity contribution in [3.05, 3.63) is 18.2 Å². The van der Waals surface area contributed by atoms with Crippen LogP contribution in [0.5, 0.6) is 0 Å². The van der Waals surface area contributed by atoms with Gasteiger partial charge < -0.3 is 9.88 Å². The zero-order valence-electron chi connectivity index (χ0n) is 11.0. The van der Waals surface area contributed by atoms with Crippen molar-refractivity contribution in [1.82, 2.24) is 14.9 Å². The molecule has 1 aliphatic rings. The summed E-state index contributed by atoms with van der Waals surface area (Å²) in [6, 6.07) is -0.203. The second-order valence-corrected chi connectivity index (χ2v) is 7.08. The van der Waals surface area contributed by atoms with Crippen LogP contribution in [-0.4, -0.2) is 36.0 Å². The Morgan fingerprint density at radius 2 is 2.33 bits per heavy atom. The smallest absolute Gasteiger partial charge is 0.155 e. The Bertz CT molecular complexity index is 495. The minimum atomic E-state index is -3.00. The lowest BCUT2D eigenvalue weighted by Crippen LogP contribution is -2.40. The fourth-order valence-corrected chi connectivity index (χ4v) is 4.81. The number of imidazole rings is 1. The van der Waals surface area contributed by atoms with Crippen LogP contribution < -0.4 is 5.32 Å². The van der Waals surface area contributed by atoms with E-state index in [0.717, 1.165) is 31.6 Å². The van der Waals surface area contributed by atoms with Crippen LogP contribution in [0, 0.1) is 0 Å². The molecule has 1 fully saturated rings. The Balaban J connectivity index is 2.33. The van der Waals surface area contributed by atoms with Gasteiger partial charge in [0.15, 0.2) is 9.84 Å². The molecule has 18 heavy (non-hydrogen) atoms. The molecule has 0 aromatic carbocycles. The molecule has 1 saturated heterocycles. The van der Waals surface area contributed by atoms with Crippen LogP contribution in [0.15, 0.2) is 12.4 Å². The van der Waals surface area contributed by atoms with Gasteiger partial charge in [0.05, 0.1) is 17.0 Å². The van der Waals surface area contributed by atoms with Crippen molar-refractivity contribution >= 4 is 9.84 Å². The molecule has 2 rings (SSSR count). The number of hydrogen-bond acceptors (Lipinski definition) is 4. The Hall–Kier alpha value is -0.880. The normalized spacial score (nSPS) is 24.9. The van der Waals surface area contributed by atoms with E-state index in [2.05, 4.69) is 10.3 Å². The quantitative estimate of drug-likeness (QED) is 0.891. The van der Waals surface area contributed by atoms with Crippen molar-refractivity contribution < 1.29 is 8.42 Å². The lowest BCUT2D eigenvalue weighted by molar-refractivity contribution is 0.443. The molecule has 0 bridgehead atoms. The molecular weight excluding hydrogens is 250 g/mol. The first kappa shape index (κ1) is 13.5. The first-order valence-electron chi connectivity index (χ1n) is 6.50. The predicted molar refractivity (Wildman–Crippen MR) is 71.1 cm³/mol. The SMILES string of the molecule is CCn1ccnc1C(NC)C1CCCCS1(=O)=O. The molecular formula is C12H21N3O2S. The van der Waals surface area contributed by atoms with E-state index in [1.807, 2.05) is 24.7 Å². The van der Waals surface area contributed by atoms with E-state index >= 15 is 0 Å². The molecule has 6 heteroatoms. The summed E-state index contributed by atoms with van der Waals surface area (Å²) < 4.78 is 26.4. The molecule has 2 atom stereocenters. The molecule has 1 aromatic rings. The lowest BCUT2D eigenvalue weighted by atomic mass is 10.1. The maximum Gasteiger partial charge on any atom is 0.155 e. The van der Waals surface area contributed by atoms with Crippen LogP contribution >= 0.6 is 0 Å². The molecule has 5 nitrogen and oxygen atoms in total. The third-order valence-electron chi connectivity index (χ3n) is 3.68. The molecule has 1 aliphatic heterocycles. The fourth-order valence-electron chi connectivity index (χ4n) is 2.70. The van der Waals surface area contributed by atoms with Gasteiger partial charge in [-0.1, -0.05) is 6.42 Å². The van der Waals surface area contributed by atoms with Crippen molar-refractivity contribution in [3.8, 4) is 0 Å². The van der Waals surface area contributed by atoms with Gasteiger partial charge >= 0.3 is 0 Å². The molecule has 0 spiro atoms. The predicted octanol–water partition coefficient (Wildman–Crippen LogP) is 1.13. The highest BCUT2D eigenvalue weighted by molar-refractivity contribution is 7.92. The number of hydrogen-bond donors (Lipinski definition) is 1. The summed E-state index contributed by atoms with van der Waals surface area (Å²) in [5.74, 6) is 1.14. The minimum absolute atomic E-state index is 0.203. The maximum atomic E-state index is 12.2. The third kappa shape index (κ3) is 2.44. The standard InChI is InChI=1S/C12H21N3O2S/c1-3-15-8-7-14-12(15)11(13-2)10-6-4-5-9-18(10,16)17/h7-8,10-11,13H,3-6,9H2,1-2H3. The molecule has 0 saturated carbocycles. The largest absolute Gasteiger partial charge is 0.334 e. The van der Waals surface area contributed by atoms with E-state index in [-0.39, 0.29) is 11.3 Å². The summed E-state index contributed by atoms with van der Waals surface area (Å²) in [5.41, 5.74) is 0. The Kier molecular flexibility index (Phi) is 4.07. The summed E-state index contributed by atoms with van der Waals surface area (Å²) in [5, 5.41) is 2.80. The molecule has 0 amide bonds. The van der Waals surface area contributed by atoms with Gasteiger partial charge in [-0.15, -0.1) is 0 Å². The van der Waals surface area contributed by atoms with Crippen molar-refractivity contribution in [2.75, 3.05) is 12.8 Å². The van der Waals surface area contributed by atoms with E-state index < -0.39 is 9.84 Å². The van der Waals surface area contributed by atoms with E-state index in [9.17, 15) is 8.42 Å². The summed E-state index contributed by atoms with van der Waals surface area (Å²) in [6.07, 6.45) is 6.13. The van der Waals surface area contributed by atoms with Crippen LogP contribution in [0.25, 0.3) is 0 Å². The number of sulfone groups is 1. The number of rotatable bonds is 4. The second-order valence-electron chi connectivity index (χ2n) is 4.74. The monoisotopic (exact) mass is 271 g/mol.